The fourth-order valence-corrected chi connectivity index (χ4v) is 0.951. The van der Waals surface area contributed by atoms with E-state index in [2.05, 4.69) is 0 Å². The predicted molar refractivity (Wildman–Crippen MR) is 36.6 cm³/mol. The van der Waals surface area contributed by atoms with Crippen LogP contribution in [0.15, 0.2) is 18.2 Å². The van der Waals surface area contributed by atoms with Gasteiger partial charge in [0.2, 0.25) is 0 Å². The van der Waals surface area contributed by atoms with Gasteiger partial charge in [0.05, 0.1) is 5.56 Å². The summed E-state index contributed by atoms with van der Waals surface area (Å²) in [5.41, 5.74) is -1.01. The maximum absolute atomic E-state index is 12.0. The predicted octanol–water partition coefficient (Wildman–Crippen LogP) is 3.50. The lowest BCUT2D eigenvalue weighted by atomic mass is 10.2. The van der Waals surface area contributed by atoms with E-state index in [9.17, 15) is 18.3 Å². The van der Waals surface area contributed by atoms with Gasteiger partial charge in [0.1, 0.15) is 0 Å². The molecule has 0 unspecified atom stereocenters. The summed E-state index contributed by atoms with van der Waals surface area (Å²) in [5, 5.41) is 10.4. The highest BCUT2D eigenvalue weighted by Crippen LogP contribution is 2.33. The van der Waals surface area contributed by atoms with Crippen LogP contribution in [-0.2, 0) is 11.3 Å². The van der Waals surface area contributed by atoms with Gasteiger partial charge in [-0.25, -0.2) is 0 Å². The minimum absolute atomic E-state index is 0.199. The molecule has 0 saturated carbocycles. The second-order valence-corrected chi connectivity index (χ2v) is 2.61. The first-order valence-corrected chi connectivity index (χ1v) is 3.32. The Bertz CT molecular complexity index is 275. The van der Waals surface area contributed by atoms with Gasteiger partial charge in [-0.3, -0.25) is 5.11 Å². The summed E-state index contributed by atoms with van der Waals surface area (Å²) in [4.78, 5) is 0. The molecule has 0 aliphatic carbocycles. The third-order valence-electron chi connectivity index (χ3n) is 1.20. The van der Waals surface area contributed by atoms with Crippen LogP contribution < -0.4 is 0 Å². The van der Waals surface area contributed by atoms with Crippen molar-refractivity contribution in [2.45, 2.75) is 6.18 Å². The van der Waals surface area contributed by atoms with Crippen molar-refractivity contribution in [3.63, 3.8) is 0 Å². The second kappa shape index (κ2) is 2.86. The van der Waals surface area contributed by atoms with Crippen LogP contribution in [0.5, 0.6) is 5.75 Å². The van der Waals surface area contributed by atoms with Gasteiger partial charge in [-0.05, 0) is 12.1 Å². The molecule has 0 aliphatic rings. The zero-order valence-corrected chi connectivity index (χ0v) is 6.41. The molecule has 0 fully saturated rings. The number of rotatable bonds is 0. The van der Waals surface area contributed by atoms with E-state index >= 15 is 0 Å². The molecule has 1 nitrogen and oxygen atoms in total. The first kappa shape index (κ1) is 9.19. The Kier molecular flexibility index (Phi) is 2.19. The monoisotopic (exact) mass is 195 g/mol. The van der Waals surface area contributed by atoms with Crippen LogP contribution in [0.25, 0.3) is 0 Å². The van der Waals surface area contributed by atoms with Gasteiger partial charge in [0.25, 0.3) is 0 Å². The van der Waals surface area contributed by atoms with Crippen molar-refractivity contribution in [2.75, 3.05) is 0 Å². The van der Waals surface area contributed by atoms with Crippen molar-refractivity contribution in [2.24, 2.45) is 0 Å². The highest BCUT2D eigenvalue weighted by Gasteiger charge is 2.31. The van der Waals surface area contributed by atoms with Gasteiger partial charge in [-0.1, -0.05) is 11.6 Å². The van der Waals surface area contributed by atoms with Crippen molar-refractivity contribution in [1.29, 1.82) is 0 Å². The van der Waals surface area contributed by atoms with Gasteiger partial charge in [0.15, 0.2) is 5.75 Å². The molecule has 1 rings (SSSR count). The Morgan fingerprint density at radius 3 is 2.17 bits per heavy atom. The molecule has 0 amide bonds. The van der Waals surface area contributed by atoms with Gasteiger partial charge < -0.3 is 0 Å². The van der Waals surface area contributed by atoms with Gasteiger partial charge >= 0.3 is 6.18 Å². The fourth-order valence-electron chi connectivity index (χ4n) is 0.726. The molecule has 0 bridgehead atoms. The molecule has 0 atom stereocenters. The van der Waals surface area contributed by atoms with Crippen molar-refractivity contribution in [1.82, 2.24) is 0 Å². The fraction of sp³-hybridized carbons (Fsp3) is 0.143. The molecule has 0 spiro atoms. The summed E-state index contributed by atoms with van der Waals surface area (Å²) in [7, 11) is 0. The number of hydrogen-bond acceptors (Lipinski definition) is 0. The Balaban J connectivity index is 3.18. The molecule has 0 aromatic heterocycles. The zero-order valence-electron chi connectivity index (χ0n) is 5.65. The van der Waals surface area contributed by atoms with Crippen molar-refractivity contribution in [3.8, 4) is 5.75 Å². The zero-order chi connectivity index (χ0) is 9.35. The van der Waals surface area contributed by atoms with Crippen LogP contribution in [0, 0.1) is 0 Å². The van der Waals surface area contributed by atoms with Crippen LogP contribution in [0.3, 0.4) is 0 Å². The quantitative estimate of drug-likeness (QED) is 0.604. The van der Waals surface area contributed by atoms with Crippen LogP contribution in [0.2, 0.25) is 5.02 Å². The lowest BCUT2D eigenvalue weighted by molar-refractivity contribution is -0.137. The lowest BCUT2D eigenvalue weighted by Crippen LogP contribution is -2.03. The van der Waals surface area contributed by atoms with Crippen LogP contribution in [0.4, 0.5) is 13.2 Å². The topological polar surface area (TPSA) is 19.9 Å². The normalized spacial score (nSPS) is 11.7. The van der Waals surface area contributed by atoms with E-state index in [1.165, 1.54) is 0 Å². The largest absolute Gasteiger partial charge is 0.416 e. The number of benzene rings is 1. The molecule has 1 radical (unpaired) electrons. The molecule has 5 heteroatoms. The number of halogens is 4. The van der Waals surface area contributed by atoms with Crippen molar-refractivity contribution >= 4 is 11.6 Å². The van der Waals surface area contributed by atoms with Gasteiger partial charge in [-0.15, -0.1) is 0 Å². The van der Waals surface area contributed by atoms with E-state index in [1.807, 2.05) is 0 Å². The second-order valence-electron chi connectivity index (χ2n) is 2.17. The summed E-state index contributed by atoms with van der Waals surface area (Å²) >= 11 is 5.26. The Labute approximate surface area is 71.4 Å². The minimum atomic E-state index is -4.51. The van der Waals surface area contributed by atoms with E-state index in [4.69, 9.17) is 11.6 Å². The van der Waals surface area contributed by atoms with Gasteiger partial charge in [0, 0.05) is 11.1 Å². The van der Waals surface area contributed by atoms with Crippen LogP contribution in [0.1, 0.15) is 5.56 Å². The summed E-state index contributed by atoms with van der Waals surface area (Å²) in [5.74, 6) is -0.741. The molecule has 65 valence electrons. The van der Waals surface area contributed by atoms with Gasteiger partial charge in [-0.2, -0.15) is 13.2 Å². The molecule has 1 aromatic carbocycles. The Morgan fingerprint density at radius 2 is 1.75 bits per heavy atom. The summed E-state index contributed by atoms with van der Waals surface area (Å²) in [6.07, 6.45) is -4.51. The maximum Gasteiger partial charge on any atom is 0.416 e. The highest BCUT2D eigenvalue weighted by atomic mass is 35.5. The van der Waals surface area contributed by atoms with Crippen LogP contribution in [-0.4, -0.2) is 0 Å². The smallest absolute Gasteiger partial charge is 0.290 e. The average molecular weight is 196 g/mol. The SMILES string of the molecule is [O]c1cc(Cl)cc(C(F)(F)F)c1. The van der Waals surface area contributed by atoms with Crippen LogP contribution >= 0.6 is 11.6 Å². The molecule has 0 N–H and O–H groups in total. The molecule has 1 aromatic rings. The van der Waals surface area contributed by atoms with Crippen molar-refractivity contribution < 1.29 is 18.3 Å². The molecule has 0 heterocycles. The lowest BCUT2D eigenvalue weighted by Gasteiger charge is -2.05. The maximum atomic E-state index is 12.0. The number of hydrogen-bond donors (Lipinski definition) is 0. The van der Waals surface area contributed by atoms with E-state index < -0.39 is 17.5 Å². The third-order valence-corrected chi connectivity index (χ3v) is 1.42. The standard InChI is InChI=1S/C7H3ClF3O/c8-5-1-4(7(9,10)11)2-6(12)3-5/h1-3H. The molecular weight excluding hydrogens is 193 g/mol. The highest BCUT2D eigenvalue weighted by molar-refractivity contribution is 6.30. The summed E-state index contributed by atoms with van der Waals surface area (Å²) < 4.78 is 35.9. The summed E-state index contributed by atoms with van der Waals surface area (Å²) in [6.45, 7) is 0. The first-order chi connectivity index (χ1) is 5.39. The molecular formula is C7H3ClF3O. The van der Waals surface area contributed by atoms with Crippen molar-refractivity contribution in [3.05, 3.63) is 28.8 Å². The van der Waals surface area contributed by atoms with E-state index in [0.717, 1.165) is 6.07 Å². The average Bonchev–Trinajstić information content (AvgIpc) is 1.82. The first-order valence-electron chi connectivity index (χ1n) is 2.94. The Hall–Kier alpha value is -0.900. The molecule has 0 aliphatic heterocycles. The Morgan fingerprint density at radius 1 is 1.17 bits per heavy atom. The third kappa shape index (κ3) is 2.04. The van der Waals surface area contributed by atoms with E-state index in [-0.39, 0.29) is 5.02 Å². The number of alkyl halides is 3. The minimum Gasteiger partial charge on any atom is -0.290 e. The van der Waals surface area contributed by atoms with E-state index in [0.29, 0.717) is 12.1 Å². The van der Waals surface area contributed by atoms with E-state index in [1.54, 1.807) is 0 Å². The summed E-state index contributed by atoms with van der Waals surface area (Å²) in [6, 6.07) is 2.14. The molecule has 0 saturated heterocycles. The molecule has 12 heavy (non-hydrogen) atoms.